The summed E-state index contributed by atoms with van der Waals surface area (Å²) in [5.41, 5.74) is 5.62. The molecule has 1 aromatic heterocycles. The summed E-state index contributed by atoms with van der Waals surface area (Å²) >= 11 is 6.17. The van der Waals surface area contributed by atoms with E-state index in [1.54, 1.807) is 6.20 Å². The number of H-pyrrole nitrogens is 1. The number of nitrogens with zero attached hydrogens (tertiary/aromatic N) is 1. The number of aromatic nitrogens is 2. The van der Waals surface area contributed by atoms with Crippen molar-refractivity contribution in [2.75, 3.05) is 5.32 Å². The maximum Gasteiger partial charge on any atom is 0.0804 e. The van der Waals surface area contributed by atoms with E-state index < -0.39 is 0 Å². The molecule has 15 heavy (non-hydrogen) atoms. The Balaban J connectivity index is 2.20. The molecular weight excluding hydrogens is 210 g/mol. The van der Waals surface area contributed by atoms with E-state index in [0.29, 0.717) is 0 Å². The molecule has 0 saturated carbocycles. The maximum absolute atomic E-state index is 6.17. The summed E-state index contributed by atoms with van der Waals surface area (Å²) in [5, 5.41) is 11.1. The topological polar surface area (TPSA) is 40.7 Å². The molecule has 2 aromatic rings. The molecule has 3 nitrogen and oxygen atoms in total. The van der Waals surface area contributed by atoms with Crippen LogP contribution in [-0.2, 0) is 6.42 Å². The van der Waals surface area contributed by atoms with Gasteiger partial charge in [-0.3, -0.25) is 5.10 Å². The molecule has 0 spiro atoms. The number of nitrogens with one attached hydrogen (secondary N) is 2. The van der Waals surface area contributed by atoms with Gasteiger partial charge in [0, 0.05) is 22.7 Å². The standard InChI is InChI=1S/C11H10ClN3/c1-6-2-3-8(12)7-4-9-10(5-13-15-9)14-11(6)7/h2-3,5,14H,4H2,1H3,(H,13,15). The molecule has 0 atom stereocenters. The van der Waals surface area contributed by atoms with Crippen molar-refractivity contribution in [3.8, 4) is 0 Å². The number of hydrogen-bond donors (Lipinski definition) is 2. The minimum atomic E-state index is 0.809. The Morgan fingerprint density at radius 2 is 2.27 bits per heavy atom. The van der Waals surface area contributed by atoms with Crippen LogP contribution in [0.1, 0.15) is 16.8 Å². The Labute approximate surface area is 92.5 Å². The van der Waals surface area contributed by atoms with Crippen LogP contribution < -0.4 is 5.32 Å². The average Bonchev–Trinajstić information content (AvgIpc) is 2.69. The Kier molecular flexibility index (Phi) is 1.76. The maximum atomic E-state index is 6.17. The average molecular weight is 220 g/mol. The van der Waals surface area contributed by atoms with Crippen molar-refractivity contribution in [2.24, 2.45) is 0 Å². The van der Waals surface area contributed by atoms with Crippen LogP contribution in [0.15, 0.2) is 18.3 Å². The van der Waals surface area contributed by atoms with Crippen molar-refractivity contribution < 1.29 is 0 Å². The van der Waals surface area contributed by atoms with E-state index >= 15 is 0 Å². The van der Waals surface area contributed by atoms with Gasteiger partial charge in [0.2, 0.25) is 0 Å². The summed E-state index contributed by atoms with van der Waals surface area (Å²) in [6.07, 6.45) is 2.62. The van der Waals surface area contributed by atoms with E-state index in [2.05, 4.69) is 22.4 Å². The van der Waals surface area contributed by atoms with Crippen molar-refractivity contribution in [1.82, 2.24) is 10.2 Å². The van der Waals surface area contributed by atoms with Crippen LogP contribution in [0.25, 0.3) is 0 Å². The molecule has 1 aliphatic heterocycles. The predicted molar refractivity (Wildman–Crippen MR) is 60.9 cm³/mol. The summed E-state index contributed by atoms with van der Waals surface area (Å²) in [5.74, 6) is 0. The van der Waals surface area contributed by atoms with Gasteiger partial charge in [0.15, 0.2) is 0 Å². The van der Waals surface area contributed by atoms with Crippen molar-refractivity contribution >= 4 is 23.0 Å². The van der Waals surface area contributed by atoms with E-state index in [4.69, 9.17) is 11.6 Å². The Hall–Kier alpha value is -1.48. The van der Waals surface area contributed by atoms with Gasteiger partial charge in [-0.25, -0.2) is 0 Å². The van der Waals surface area contributed by atoms with Crippen molar-refractivity contribution in [3.05, 3.63) is 40.2 Å². The highest BCUT2D eigenvalue weighted by atomic mass is 35.5. The third-order valence-corrected chi connectivity index (χ3v) is 3.15. The van der Waals surface area contributed by atoms with E-state index in [1.165, 1.54) is 5.56 Å². The lowest BCUT2D eigenvalue weighted by Gasteiger charge is -2.20. The number of halogens is 1. The van der Waals surface area contributed by atoms with Crippen LogP contribution in [0.5, 0.6) is 0 Å². The number of hydrogen-bond acceptors (Lipinski definition) is 2. The number of benzene rings is 1. The first kappa shape index (κ1) is 8.80. The molecule has 0 saturated heterocycles. The van der Waals surface area contributed by atoms with Gasteiger partial charge >= 0.3 is 0 Å². The molecule has 4 heteroatoms. The van der Waals surface area contributed by atoms with E-state index in [-0.39, 0.29) is 0 Å². The fraction of sp³-hybridized carbons (Fsp3) is 0.182. The summed E-state index contributed by atoms with van der Waals surface area (Å²) in [4.78, 5) is 0. The second-order valence-corrected chi connectivity index (χ2v) is 4.19. The lowest BCUT2D eigenvalue weighted by Crippen LogP contribution is -2.07. The van der Waals surface area contributed by atoms with Gasteiger partial charge in [-0.15, -0.1) is 0 Å². The van der Waals surface area contributed by atoms with E-state index in [1.807, 2.05) is 12.1 Å². The molecule has 0 amide bonds. The van der Waals surface area contributed by atoms with Crippen molar-refractivity contribution in [1.29, 1.82) is 0 Å². The van der Waals surface area contributed by atoms with Crippen LogP contribution >= 0.6 is 11.6 Å². The van der Waals surface area contributed by atoms with Crippen molar-refractivity contribution in [3.63, 3.8) is 0 Å². The first-order valence-electron chi connectivity index (χ1n) is 4.83. The minimum absolute atomic E-state index is 0.809. The molecule has 0 fully saturated rings. The van der Waals surface area contributed by atoms with Gasteiger partial charge < -0.3 is 5.32 Å². The fourth-order valence-corrected chi connectivity index (χ4v) is 2.18. The normalized spacial score (nSPS) is 12.9. The van der Waals surface area contributed by atoms with Crippen LogP contribution in [0, 0.1) is 6.92 Å². The van der Waals surface area contributed by atoms with Gasteiger partial charge in [0.05, 0.1) is 17.6 Å². The molecule has 1 aliphatic rings. The zero-order chi connectivity index (χ0) is 10.4. The highest BCUT2D eigenvalue weighted by Gasteiger charge is 2.19. The summed E-state index contributed by atoms with van der Waals surface area (Å²) in [6, 6.07) is 3.97. The molecule has 0 aliphatic carbocycles. The van der Waals surface area contributed by atoms with Crippen LogP contribution in [-0.4, -0.2) is 10.2 Å². The molecule has 0 unspecified atom stereocenters. The lowest BCUT2D eigenvalue weighted by atomic mass is 9.99. The molecular formula is C11H10ClN3. The predicted octanol–water partition coefficient (Wildman–Crippen LogP) is 3.02. The molecule has 0 radical (unpaired) electrons. The van der Waals surface area contributed by atoms with Crippen molar-refractivity contribution in [2.45, 2.75) is 13.3 Å². The zero-order valence-corrected chi connectivity index (χ0v) is 9.02. The summed E-state index contributed by atoms with van der Waals surface area (Å²) in [6.45, 7) is 2.08. The second-order valence-electron chi connectivity index (χ2n) is 3.78. The Bertz CT molecular complexity index is 485. The molecule has 76 valence electrons. The van der Waals surface area contributed by atoms with Crippen LogP contribution in [0.4, 0.5) is 11.4 Å². The second kappa shape index (κ2) is 3.00. The first-order chi connectivity index (χ1) is 7.25. The highest BCUT2D eigenvalue weighted by molar-refractivity contribution is 6.32. The van der Waals surface area contributed by atoms with E-state index in [0.717, 1.165) is 34.1 Å². The molecule has 1 aromatic carbocycles. The van der Waals surface area contributed by atoms with Gasteiger partial charge in [0.1, 0.15) is 0 Å². The fourth-order valence-electron chi connectivity index (χ4n) is 1.95. The van der Waals surface area contributed by atoms with Gasteiger partial charge in [-0.1, -0.05) is 17.7 Å². The lowest BCUT2D eigenvalue weighted by molar-refractivity contribution is 0.990. The largest absolute Gasteiger partial charge is 0.352 e. The first-order valence-corrected chi connectivity index (χ1v) is 5.21. The van der Waals surface area contributed by atoms with Gasteiger partial charge in [-0.05, 0) is 18.6 Å². The number of aryl methyl sites for hydroxylation is 1. The minimum Gasteiger partial charge on any atom is -0.352 e. The Morgan fingerprint density at radius 3 is 3.13 bits per heavy atom. The van der Waals surface area contributed by atoms with Crippen LogP contribution in [0.3, 0.4) is 0 Å². The SMILES string of the molecule is Cc1ccc(Cl)c2c1Nc1cn[nH]c1C2. The zero-order valence-electron chi connectivity index (χ0n) is 8.26. The summed E-state index contributed by atoms with van der Waals surface area (Å²) in [7, 11) is 0. The number of fused-ring (bicyclic) bond motifs is 2. The number of rotatable bonds is 0. The molecule has 3 rings (SSSR count). The third kappa shape index (κ3) is 1.23. The van der Waals surface area contributed by atoms with Gasteiger partial charge in [0.25, 0.3) is 0 Å². The quantitative estimate of drug-likeness (QED) is 0.610. The Morgan fingerprint density at radius 1 is 1.40 bits per heavy atom. The molecule has 0 bridgehead atoms. The molecule has 2 N–H and O–H groups in total. The van der Waals surface area contributed by atoms with E-state index in [9.17, 15) is 0 Å². The third-order valence-electron chi connectivity index (χ3n) is 2.80. The smallest absolute Gasteiger partial charge is 0.0804 e. The number of aromatic amines is 1. The highest BCUT2D eigenvalue weighted by Crippen LogP contribution is 2.37. The monoisotopic (exact) mass is 219 g/mol. The number of anilines is 2. The summed E-state index contributed by atoms with van der Waals surface area (Å²) < 4.78 is 0. The molecule has 2 heterocycles. The van der Waals surface area contributed by atoms with Gasteiger partial charge in [-0.2, -0.15) is 5.10 Å². The van der Waals surface area contributed by atoms with Crippen LogP contribution in [0.2, 0.25) is 5.02 Å².